The molecule has 0 bridgehead atoms. The first-order chi connectivity index (χ1) is 14.8. The molecule has 0 atom stereocenters. The van der Waals surface area contributed by atoms with E-state index in [2.05, 4.69) is 10.3 Å². The van der Waals surface area contributed by atoms with Gasteiger partial charge in [-0.2, -0.15) is 10.5 Å². The average molecular weight is 439 g/mol. The van der Waals surface area contributed by atoms with E-state index in [1.54, 1.807) is 6.07 Å². The third-order valence-electron chi connectivity index (χ3n) is 4.34. The van der Waals surface area contributed by atoms with Crippen molar-refractivity contribution in [2.45, 2.75) is 11.3 Å². The summed E-state index contributed by atoms with van der Waals surface area (Å²) in [5, 5.41) is 29.2. The fourth-order valence-electron chi connectivity index (χ4n) is 2.94. The van der Waals surface area contributed by atoms with E-state index in [1.165, 1.54) is 36.5 Å². The molecule has 0 saturated heterocycles. The number of carbonyl (C=O) groups is 1. The predicted molar refractivity (Wildman–Crippen MR) is 106 cm³/mol. The second-order valence-corrected chi connectivity index (χ2v) is 8.07. The minimum atomic E-state index is -4.37. The Morgan fingerprint density at radius 2 is 2.00 bits per heavy atom. The molecule has 0 fully saturated rings. The molecule has 11 heteroatoms. The van der Waals surface area contributed by atoms with Crippen molar-refractivity contribution in [2.75, 3.05) is 6.54 Å². The Kier molecular flexibility index (Phi) is 6.00. The quantitative estimate of drug-likeness (QED) is 0.599. The monoisotopic (exact) mass is 439 g/mol. The summed E-state index contributed by atoms with van der Waals surface area (Å²) in [6, 6.07) is 11.7. The smallest absolute Gasteiger partial charge is 0.404 e. The van der Waals surface area contributed by atoms with Crippen LogP contribution in [0.25, 0.3) is 11.3 Å². The number of hydrogen-bond donors (Lipinski definition) is 2. The number of nitriles is 2. The van der Waals surface area contributed by atoms with Crippen LogP contribution in [0.1, 0.15) is 16.8 Å². The van der Waals surface area contributed by atoms with Gasteiger partial charge in [-0.3, -0.25) is 0 Å². The van der Waals surface area contributed by atoms with Gasteiger partial charge in [0.25, 0.3) is 10.0 Å². The Labute approximate surface area is 176 Å². The standard InChI is InChI=1S/C20H14FN5O4S/c21-18-14(6-8-25-20(27)28)12-26(19(18)16-5-2-7-24-17(16)11-23)31(29,30)15-4-1-3-13(9-15)10-22/h1-5,7,9,12,25H,6,8H2,(H,27,28). The fraction of sp³-hybridized carbons (Fsp3) is 0.100. The molecule has 156 valence electrons. The molecule has 0 saturated carbocycles. The zero-order chi connectivity index (χ0) is 22.6. The number of rotatable bonds is 6. The number of carboxylic acid groups (broad SMARTS) is 1. The van der Waals surface area contributed by atoms with Crippen LogP contribution in [0, 0.1) is 28.5 Å². The Hall–Kier alpha value is -4.22. The number of nitrogens with one attached hydrogen (secondary N) is 1. The molecule has 0 spiro atoms. The molecule has 1 amide bonds. The number of benzene rings is 1. The zero-order valence-electron chi connectivity index (χ0n) is 15.8. The van der Waals surface area contributed by atoms with Gasteiger partial charge in [0.1, 0.15) is 17.5 Å². The van der Waals surface area contributed by atoms with Crippen molar-refractivity contribution >= 4 is 16.1 Å². The van der Waals surface area contributed by atoms with E-state index in [-0.39, 0.29) is 40.2 Å². The SMILES string of the molecule is N#Cc1cccc(S(=O)(=O)n2cc(CCNC(=O)O)c(F)c2-c2cccnc2C#N)c1. The first-order valence-corrected chi connectivity index (χ1v) is 10.2. The maximum Gasteiger partial charge on any atom is 0.404 e. The minimum Gasteiger partial charge on any atom is -0.465 e. The third kappa shape index (κ3) is 4.22. The van der Waals surface area contributed by atoms with E-state index in [4.69, 9.17) is 10.4 Å². The van der Waals surface area contributed by atoms with Crippen LogP contribution in [-0.2, 0) is 16.4 Å². The van der Waals surface area contributed by atoms with Gasteiger partial charge >= 0.3 is 6.09 Å². The summed E-state index contributed by atoms with van der Waals surface area (Å²) in [6.07, 6.45) is 0.917. The van der Waals surface area contributed by atoms with E-state index in [9.17, 15) is 18.5 Å². The average Bonchev–Trinajstić information content (AvgIpc) is 3.10. The minimum absolute atomic E-state index is 0.0417. The molecule has 2 aromatic heterocycles. The largest absolute Gasteiger partial charge is 0.465 e. The number of nitrogens with zero attached hydrogens (tertiary/aromatic N) is 4. The van der Waals surface area contributed by atoms with Crippen molar-refractivity contribution in [1.82, 2.24) is 14.3 Å². The van der Waals surface area contributed by atoms with Gasteiger partial charge in [-0.15, -0.1) is 0 Å². The predicted octanol–water partition coefficient (Wildman–Crippen LogP) is 2.48. The van der Waals surface area contributed by atoms with Crippen molar-refractivity contribution < 1.29 is 22.7 Å². The Morgan fingerprint density at radius 1 is 1.23 bits per heavy atom. The third-order valence-corrected chi connectivity index (χ3v) is 6.00. The Balaban J connectivity index is 2.24. The molecular formula is C20H14FN5O4S. The van der Waals surface area contributed by atoms with Crippen molar-refractivity contribution in [3.8, 4) is 23.4 Å². The van der Waals surface area contributed by atoms with Crippen molar-refractivity contribution in [2.24, 2.45) is 0 Å². The number of amides is 1. The molecule has 0 aliphatic heterocycles. The van der Waals surface area contributed by atoms with Crippen LogP contribution in [-0.4, -0.2) is 35.1 Å². The molecule has 31 heavy (non-hydrogen) atoms. The van der Waals surface area contributed by atoms with E-state index < -0.39 is 27.6 Å². The number of aromatic nitrogens is 2. The van der Waals surface area contributed by atoms with E-state index in [0.717, 1.165) is 12.3 Å². The lowest BCUT2D eigenvalue weighted by atomic mass is 10.1. The van der Waals surface area contributed by atoms with Crippen molar-refractivity contribution in [3.63, 3.8) is 0 Å². The van der Waals surface area contributed by atoms with Crippen LogP contribution < -0.4 is 5.32 Å². The highest BCUT2D eigenvalue weighted by molar-refractivity contribution is 7.90. The van der Waals surface area contributed by atoms with Crippen LogP contribution in [0.15, 0.2) is 53.7 Å². The Morgan fingerprint density at radius 3 is 2.68 bits per heavy atom. The summed E-state index contributed by atoms with van der Waals surface area (Å²) in [4.78, 5) is 14.3. The maximum atomic E-state index is 15.4. The topological polar surface area (TPSA) is 149 Å². The molecule has 0 unspecified atom stereocenters. The molecule has 0 radical (unpaired) electrons. The molecule has 3 aromatic rings. The van der Waals surface area contributed by atoms with Crippen LogP contribution in [0.2, 0.25) is 0 Å². The van der Waals surface area contributed by atoms with Crippen LogP contribution >= 0.6 is 0 Å². The second-order valence-electron chi connectivity index (χ2n) is 6.25. The van der Waals surface area contributed by atoms with E-state index >= 15 is 4.39 Å². The summed E-state index contributed by atoms with van der Waals surface area (Å²) in [5.74, 6) is -0.920. The lowest BCUT2D eigenvalue weighted by Crippen LogP contribution is -2.23. The first kappa shape index (κ1) is 21.5. The highest BCUT2D eigenvalue weighted by atomic mass is 32.2. The van der Waals surface area contributed by atoms with Crippen molar-refractivity contribution in [3.05, 3.63) is 71.4 Å². The van der Waals surface area contributed by atoms with E-state index in [0.29, 0.717) is 3.97 Å². The maximum absolute atomic E-state index is 15.4. The molecule has 9 nitrogen and oxygen atoms in total. The molecule has 2 N–H and O–H groups in total. The lowest BCUT2D eigenvalue weighted by Gasteiger charge is -2.11. The van der Waals surface area contributed by atoms with Gasteiger partial charge in [0, 0.05) is 30.1 Å². The zero-order valence-corrected chi connectivity index (χ0v) is 16.6. The number of pyridine rings is 1. The van der Waals surface area contributed by atoms with Gasteiger partial charge < -0.3 is 10.4 Å². The highest BCUT2D eigenvalue weighted by Gasteiger charge is 2.28. The molecular weight excluding hydrogens is 425 g/mol. The van der Waals surface area contributed by atoms with Gasteiger partial charge in [0.15, 0.2) is 5.82 Å². The summed E-state index contributed by atoms with van der Waals surface area (Å²) >= 11 is 0. The van der Waals surface area contributed by atoms with Crippen molar-refractivity contribution in [1.29, 1.82) is 10.5 Å². The molecule has 2 heterocycles. The normalized spacial score (nSPS) is 10.8. The molecule has 3 rings (SSSR count). The van der Waals surface area contributed by atoms with Crippen LogP contribution in [0.5, 0.6) is 0 Å². The highest BCUT2D eigenvalue weighted by Crippen LogP contribution is 2.32. The summed E-state index contributed by atoms with van der Waals surface area (Å²) < 4.78 is 42.7. The van der Waals surface area contributed by atoms with Gasteiger partial charge in [-0.05, 0) is 36.8 Å². The lowest BCUT2D eigenvalue weighted by molar-refractivity contribution is 0.194. The van der Waals surface area contributed by atoms with E-state index in [1.807, 2.05) is 6.07 Å². The number of halogens is 1. The summed E-state index contributed by atoms with van der Waals surface area (Å²) in [5.41, 5.74) is -0.606. The second kappa shape index (κ2) is 8.65. The summed E-state index contributed by atoms with van der Waals surface area (Å²) in [6.45, 7) is -0.155. The van der Waals surface area contributed by atoms with Gasteiger partial charge in [-0.1, -0.05) is 6.07 Å². The number of hydrogen-bond acceptors (Lipinski definition) is 6. The van der Waals surface area contributed by atoms with Crippen LogP contribution in [0.3, 0.4) is 0 Å². The van der Waals surface area contributed by atoms with Crippen LogP contribution in [0.4, 0.5) is 9.18 Å². The molecule has 0 aliphatic rings. The fourth-order valence-corrected chi connectivity index (χ4v) is 4.38. The van der Waals surface area contributed by atoms with Gasteiger partial charge in [0.2, 0.25) is 0 Å². The van der Waals surface area contributed by atoms with Gasteiger partial charge in [0.05, 0.1) is 16.5 Å². The Bertz CT molecular complexity index is 1350. The first-order valence-electron chi connectivity index (χ1n) is 8.77. The molecule has 0 aliphatic carbocycles. The van der Waals surface area contributed by atoms with Gasteiger partial charge in [-0.25, -0.2) is 26.6 Å². The summed E-state index contributed by atoms with van der Waals surface area (Å²) in [7, 11) is -4.37. The molecule has 1 aromatic carbocycles.